The number of carbonyl (C=O) groups is 2. The second-order valence-corrected chi connectivity index (χ2v) is 9.22. The van der Waals surface area contributed by atoms with Crippen molar-refractivity contribution in [3.8, 4) is 0 Å². The molecular formula is C25H33ClN2O2S. The van der Waals surface area contributed by atoms with E-state index < -0.39 is 6.04 Å². The van der Waals surface area contributed by atoms with Crippen LogP contribution in [-0.2, 0) is 16.0 Å². The van der Waals surface area contributed by atoms with E-state index in [1.165, 1.54) is 0 Å². The topological polar surface area (TPSA) is 49.4 Å². The van der Waals surface area contributed by atoms with E-state index in [4.69, 9.17) is 11.6 Å². The molecule has 2 aromatic rings. The highest BCUT2D eigenvalue weighted by atomic mass is 35.5. The van der Waals surface area contributed by atoms with E-state index in [1.54, 1.807) is 16.7 Å². The zero-order valence-electron chi connectivity index (χ0n) is 18.6. The first kappa shape index (κ1) is 25.3. The molecule has 0 aliphatic rings. The summed E-state index contributed by atoms with van der Waals surface area (Å²) in [5.74, 6) is 0.610. The molecule has 6 heteroatoms. The number of rotatable bonds is 12. The van der Waals surface area contributed by atoms with E-state index in [2.05, 4.69) is 17.4 Å². The lowest BCUT2D eigenvalue weighted by Crippen LogP contribution is -2.51. The van der Waals surface area contributed by atoms with Crippen molar-refractivity contribution in [3.05, 3.63) is 65.2 Å². The molecule has 0 spiro atoms. The van der Waals surface area contributed by atoms with Gasteiger partial charge in [-0.1, -0.05) is 55.8 Å². The maximum atomic E-state index is 13.2. The average Bonchev–Trinajstić information content (AvgIpc) is 2.78. The van der Waals surface area contributed by atoms with Crippen molar-refractivity contribution in [1.29, 1.82) is 0 Å². The summed E-state index contributed by atoms with van der Waals surface area (Å²) in [6.45, 7) is 6.52. The summed E-state index contributed by atoms with van der Waals surface area (Å²) in [4.78, 5) is 28.9. The standard InChI is InChI=1S/C25H33ClN2O2S/c1-4-19(3)27-25(30)23(5-2)28(17-15-20-9-7-6-8-10-20)24(29)16-18-31-22-13-11-21(26)12-14-22/h6-14,19,23H,4-5,15-18H2,1-3H3,(H,27,30)/t19-,23+/m0/s1. The molecule has 0 fully saturated rings. The molecule has 2 amide bonds. The Balaban J connectivity index is 2.05. The molecule has 168 valence electrons. The molecule has 2 rings (SSSR count). The quantitative estimate of drug-likeness (QED) is 0.420. The predicted octanol–water partition coefficient (Wildman–Crippen LogP) is 5.59. The number of amides is 2. The van der Waals surface area contributed by atoms with Crippen LogP contribution in [0.4, 0.5) is 0 Å². The fourth-order valence-electron chi connectivity index (χ4n) is 3.27. The van der Waals surface area contributed by atoms with Gasteiger partial charge in [0.05, 0.1) is 0 Å². The van der Waals surface area contributed by atoms with Gasteiger partial charge in [0.1, 0.15) is 6.04 Å². The molecule has 0 aromatic heterocycles. The number of halogens is 1. The number of carbonyl (C=O) groups excluding carboxylic acids is 2. The lowest BCUT2D eigenvalue weighted by Gasteiger charge is -2.31. The Bertz CT molecular complexity index is 814. The Labute approximate surface area is 195 Å². The number of thioether (sulfide) groups is 1. The molecule has 0 radical (unpaired) electrons. The highest BCUT2D eigenvalue weighted by molar-refractivity contribution is 7.99. The summed E-state index contributed by atoms with van der Waals surface area (Å²) >= 11 is 7.57. The number of nitrogens with zero attached hydrogens (tertiary/aromatic N) is 1. The lowest BCUT2D eigenvalue weighted by molar-refractivity contribution is -0.140. The molecule has 4 nitrogen and oxygen atoms in total. The van der Waals surface area contributed by atoms with Crippen LogP contribution in [-0.4, -0.2) is 41.1 Å². The van der Waals surface area contributed by atoms with E-state index in [-0.39, 0.29) is 17.9 Å². The zero-order chi connectivity index (χ0) is 22.6. The van der Waals surface area contributed by atoms with Crippen molar-refractivity contribution in [1.82, 2.24) is 10.2 Å². The van der Waals surface area contributed by atoms with E-state index in [0.29, 0.717) is 30.2 Å². The molecule has 0 unspecified atom stereocenters. The monoisotopic (exact) mass is 460 g/mol. The third-order valence-electron chi connectivity index (χ3n) is 5.27. The first-order valence-corrected chi connectivity index (χ1v) is 12.3. The van der Waals surface area contributed by atoms with Gasteiger partial charge in [-0.2, -0.15) is 0 Å². The molecule has 1 N–H and O–H groups in total. The highest BCUT2D eigenvalue weighted by Gasteiger charge is 2.28. The fourth-order valence-corrected chi connectivity index (χ4v) is 4.23. The molecule has 0 aliphatic heterocycles. The molecule has 2 atom stereocenters. The Morgan fingerprint density at radius 1 is 1.03 bits per heavy atom. The van der Waals surface area contributed by atoms with Gasteiger partial charge in [0.15, 0.2) is 0 Å². The maximum Gasteiger partial charge on any atom is 0.243 e. The predicted molar refractivity (Wildman–Crippen MR) is 131 cm³/mol. The third-order valence-corrected chi connectivity index (χ3v) is 6.54. The van der Waals surface area contributed by atoms with Crippen molar-refractivity contribution in [2.75, 3.05) is 12.3 Å². The largest absolute Gasteiger partial charge is 0.352 e. The summed E-state index contributed by atoms with van der Waals surface area (Å²) in [7, 11) is 0. The Hall–Kier alpha value is -1.98. The van der Waals surface area contributed by atoms with Gasteiger partial charge in [-0.25, -0.2) is 0 Å². The van der Waals surface area contributed by atoms with Crippen LogP contribution in [0.25, 0.3) is 0 Å². The van der Waals surface area contributed by atoms with Crippen LogP contribution in [0.2, 0.25) is 5.02 Å². The van der Waals surface area contributed by atoms with Crippen molar-refractivity contribution in [2.45, 2.75) is 63.4 Å². The first-order valence-electron chi connectivity index (χ1n) is 11.0. The third kappa shape index (κ3) is 8.58. The van der Waals surface area contributed by atoms with E-state index >= 15 is 0 Å². The molecule has 31 heavy (non-hydrogen) atoms. The van der Waals surface area contributed by atoms with Gasteiger partial charge in [-0.3, -0.25) is 9.59 Å². The van der Waals surface area contributed by atoms with Gasteiger partial charge in [0.25, 0.3) is 0 Å². The minimum absolute atomic E-state index is 0.0172. The first-order chi connectivity index (χ1) is 14.9. The van der Waals surface area contributed by atoms with Crippen LogP contribution >= 0.6 is 23.4 Å². The van der Waals surface area contributed by atoms with Crippen LogP contribution in [0.15, 0.2) is 59.5 Å². The van der Waals surface area contributed by atoms with Crippen LogP contribution < -0.4 is 5.32 Å². The Morgan fingerprint density at radius 3 is 2.32 bits per heavy atom. The normalized spacial score (nSPS) is 12.8. The molecule has 0 saturated carbocycles. The van der Waals surface area contributed by atoms with Crippen LogP contribution in [0, 0.1) is 0 Å². The SMILES string of the molecule is CC[C@H](C(=O)N[C@@H](C)CC)N(CCc1ccccc1)C(=O)CCSc1ccc(Cl)cc1. The lowest BCUT2D eigenvalue weighted by atomic mass is 10.1. The van der Waals surface area contributed by atoms with E-state index in [0.717, 1.165) is 23.3 Å². The maximum absolute atomic E-state index is 13.2. The summed E-state index contributed by atoms with van der Waals surface area (Å²) in [6.07, 6.45) is 2.56. The minimum atomic E-state index is -0.453. The molecule has 0 aliphatic carbocycles. The van der Waals surface area contributed by atoms with Crippen molar-refractivity contribution in [3.63, 3.8) is 0 Å². The zero-order valence-corrected chi connectivity index (χ0v) is 20.2. The van der Waals surface area contributed by atoms with Gasteiger partial charge in [-0.15, -0.1) is 11.8 Å². The molecule has 0 bridgehead atoms. The number of benzene rings is 2. The van der Waals surface area contributed by atoms with Crippen molar-refractivity contribution in [2.24, 2.45) is 0 Å². The highest BCUT2D eigenvalue weighted by Crippen LogP contribution is 2.22. The van der Waals surface area contributed by atoms with Gasteiger partial charge in [0.2, 0.25) is 11.8 Å². The van der Waals surface area contributed by atoms with Gasteiger partial charge in [-0.05, 0) is 56.0 Å². The number of hydrogen-bond acceptors (Lipinski definition) is 3. The van der Waals surface area contributed by atoms with Crippen LogP contribution in [0.5, 0.6) is 0 Å². The smallest absolute Gasteiger partial charge is 0.243 e. The van der Waals surface area contributed by atoms with Gasteiger partial charge in [0, 0.05) is 34.7 Å². The molecule has 0 heterocycles. The summed E-state index contributed by atoms with van der Waals surface area (Å²) < 4.78 is 0. The number of hydrogen-bond donors (Lipinski definition) is 1. The summed E-state index contributed by atoms with van der Waals surface area (Å²) in [5.41, 5.74) is 1.16. The molecule has 0 saturated heterocycles. The Kier molecular flexibility index (Phi) is 11.0. The van der Waals surface area contributed by atoms with E-state index in [1.807, 2.05) is 63.2 Å². The Morgan fingerprint density at radius 2 is 1.71 bits per heavy atom. The van der Waals surface area contributed by atoms with Crippen molar-refractivity contribution < 1.29 is 9.59 Å². The number of nitrogens with one attached hydrogen (secondary N) is 1. The van der Waals surface area contributed by atoms with Crippen molar-refractivity contribution >= 4 is 35.2 Å². The van der Waals surface area contributed by atoms with Crippen LogP contribution in [0.1, 0.15) is 45.6 Å². The average molecular weight is 461 g/mol. The molecule has 2 aromatic carbocycles. The van der Waals surface area contributed by atoms with Crippen LogP contribution in [0.3, 0.4) is 0 Å². The van der Waals surface area contributed by atoms with Gasteiger partial charge < -0.3 is 10.2 Å². The summed E-state index contributed by atoms with van der Waals surface area (Å²) in [6, 6.07) is 17.3. The minimum Gasteiger partial charge on any atom is -0.352 e. The second-order valence-electron chi connectivity index (χ2n) is 7.62. The fraction of sp³-hybridized carbons (Fsp3) is 0.440. The molecular weight excluding hydrogens is 428 g/mol. The van der Waals surface area contributed by atoms with E-state index in [9.17, 15) is 9.59 Å². The summed E-state index contributed by atoms with van der Waals surface area (Å²) in [5, 5.41) is 3.75. The second kappa shape index (κ2) is 13.4. The van der Waals surface area contributed by atoms with Gasteiger partial charge >= 0.3 is 0 Å².